The van der Waals surface area contributed by atoms with Gasteiger partial charge in [-0.3, -0.25) is 4.79 Å². The van der Waals surface area contributed by atoms with Gasteiger partial charge in [0.05, 0.1) is 0 Å². The molecule has 1 aromatic rings. The van der Waals surface area contributed by atoms with E-state index in [-0.39, 0.29) is 11.8 Å². The standard InChI is InChI=1S/C12H21N3O/c1-9(2)11-13-5-7-15(11)8-6-14-12(16)10(3)4/h5,7,9-10H,6,8H2,1-4H3,(H,14,16). The molecule has 1 amide bonds. The van der Waals surface area contributed by atoms with E-state index < -0.39 is 0 Å². The highest BCUT2D eigenvalue weighted by Crippen LogP contribution is 2.10. The van der Waals surface area contributed by atoms with Crippen molar-refractivity contribution in [2.75, 3.05) is 6.54 Å². The zero-order valence-corrected chi connectivity index (χ0v) is 10.5. The molecule has 1 rings (SSSR count). The summed E-state index contributed by atoms with van der Waals surface area (Å²) >= 11 is 0. The van der Waals surface area contributed by atoms with Gasteiger partial charge in [-0.25, -0.2) is 4.98 Å². The Morgan fingerprint density at radius 3 is 2.69 bits per heavy atom. The Hall–Kier alpha value is -1.32. The van der Waals surface area contributed by atoms with Crippen molar-refractivity contribution in [1.29, 1.82) is 0 Å². The summed E-state index contributed by atoms with van der Waals surface area (Å²) in [6.45, 7) is 9.47. The van der Waals surface area contributed by atoms with Crippen LogP contribution in [-0.4, -0.2) is 22.0 Å². The highest BCUT2D eigenvalue weighted by atomic mass is 16.1. The topological polar surface area (TPSA) is 46.9 Å². The Labute approximate surface area is 97.1 Å². The van der Waals surface area contributed by atoms with Crippen LogP contribution < -0.4 is 5.32 Å². The van der Waals surface area contributed by atoms with Gasteiger partial charge in [0.15, 0.2) is 0 Å². The van der Waals surface area contributed by atoms with E-state index in [4.69, 9.17) is 0 Å². The van der Waals surface area contributed by atoms with Gasteiger partial charge in [0.1, 0.15) is 5.82 Å². The molecular weight excluding hydrogens is 202 g/mol. The quantitative estimate of drug-likeness (QED) is 0.827. The summed E-state index contributed by atoms with van der Waals surface area (Å²) in [7, 11) is 0. The van der Waals surface area contributed by atoms with Crippen molar-refractivity contribution in [3.05, 3.63) is 18.2 Å². The molecular formula is C12H21N3O. The third kappa shape index (κ3) is 3.36. The summed E-state index contributed by atoms with van der Waals surface area (Å²) in [5.41, 5.74) is 0. The van der Waals surface area contributed by atoms with Crippen LogP contribution in [0.5, 0.6) is 0 Å². The summed E-state index contributed by atoms with van der Waals surface area (Å²) in [5.74, 6) is 1.63. The molecule has 1 heterocycles. The fourth-order valence-corrected chi connectivity index (χ4v) is 1.51. The van der Waals surface area contributed by atoms with E-state index in [1.54, 1.807) is 6.20 Å². The van der Waals surface area contributed by atoms with Crippen molar-refractivity contribution in [1.82, 2.24) is 14.9 Å². The summed E-state index contributed by atoms with van der Waals surface area (Å²) < 4.78 is 2.09. The maximum atomic E-state index is 11.4. The predicted molar refractivity (Wildman–Crippen MR) is 64.2 cm³/mol. The Bertz CT molecular complexity index is 342. The number of hydrogen-bond donors (Lipinski definition) is 1. The molecule has 1 aromatic heterocycles. The van der Waals surface area contributed by atoms with Gasteiger partial charge < -0.3 is 9.88 Å². The van der Waals surface area contributed by atoms with Crippen LogP contribution in [0, 0.1) is 5.92 Å². The van der Waals surface area contributed by atoms with E-state index in [0.717, 1.165) is 12.4 Å². The van der Waals surface area contributed by atoms with Crippen LogP contribution >= 0.6 is 0 Å². The summed E-state index contributed by atoms with van der Waals surface area (Å²) in [5, 5.41) is 2.90. The molecule has 0 aliphatic rings. The summed E-state index contributed by atoms with van der Waals surface area (Å²) in [6, 6.07) is 0. The number of amides is 1. The molecule has 90 valence electrons. The van der Waals surface area contributed by atoms with Crippen LogP contribution in [-0.2, 0) is 11.3 Å². The normalized spacial score (nSPS) is 11.1. The second-order valence-electron chi connectivity index (χ2n) is 4.58. The minimum Gasteiger partial charge on any atom is -0.354 e. The third-order valence-corrected chi connectivity index (χ3v) is 2.44. The van der Waals surface area contributed by atoms with Crippen molar-refractivity contribution in [3.8, 4) is 0 Å². The number of rotatable bonds is 5. The number of carbonyl (C=O) groups is 1. The van der Waals surface area contributed by atoms with Crippen LogP contribution in [0.25, 0.3) is 0 Å². The highest BCUT2D eigenvalue weighted by Gasteiger charge is 2.08. The molecule has 0 aromatic carbocycles. The molecule has 0 bridgehead atoms. The Morgan fingerprint density at radius 2 is 2.12 bits per heavy atom. The number of imidazole rings is 1. The minimum absolute atomic E-state index is 0.0485. The zero-order valence-electron chi connectivity index (χ0n) is 10.5. The average Bonchev–Trinajstić information content (AvgIpc) is 2.65. The lowest BCUT2D eigenvalue weighted by atomic mass is 10.2. The number of nitrogens with one attached hydrogen (secondary N) is 1. The van der Waals surface area contributed by atoms with Crippen molar-refractivity contribution < 1.29 is 4.79 Å². The van der Waals surface area contributed by atoms with E-state index in [2.05, 4.69) is 28.7 Å². The van der Waals surface area contributed by atoms with E-state index in [0.29, 0.717) is 12.5 Å². The molecule has 0 spiro atoms. The van der Waals surface area contributed by atoms with Gasteiger partial charge in [0.25, 0.3) is 0 Å². The largest absolute Gasteiger partial charge is 0.354 e. The fourth-order valence-electron chi connectivity index (χ4n) is 1.51. The molecule has 0 saturated heterocycles. The van der Waals surface area contributed by atoms with Crippen LogP contribution in [0.2, 0.25) is 0 Å². The Kier molecular flexibility index (Phi) is 4.52. The molecule has 0 atom stereocenters. The molecule has 4 heteroatoms. The number of aromatic nitrogens is 2. The van der Waals surface area contributed by atoms with Gasteiger partial charge >= 0.3 is 0 Å². The molecule has 4 nitrogen and oxygen atoms in total. The van der Waals surface area contributed by atoms with E-state index in [1.165, 1.54) is 0 Å². The van der Waals surface area contributed by atoms with Crippen LogP contribution in [0.1, 0.15) is 39.4 Å². The smallest absolute Gasteiger partial charge is 0.222 e. The summed E-state index contributed by atoms with van der Waals surface area (Å²) in [6.07, 6.45) is 3.76. The van der Waals surface area contributed by atoms with E-state index >= 15 is 0 Å². The number of hydrogen-bond acceptors (Lipinski definition) is 2. The van der Waals surface area contributed by atoms with Gasteiger partial charge in [0.2, 0.25) is 5.91 Å². The first-order valence-corrected chi connectivity index (χ1v) is 5.81. The molecule has 0 unspecified atom stereocenters. The van der Waals surface area contributed by atoms with Gasteiger partial charge in [0, 0.05) is 37.3 Å². The maximum Gasteiger partial charge on any atom is 0.222 e. The second-order valence-corrected chi connectivity index (χ2v) is 4.58. The molecule has 0 saturated carbocycles. The van der Waals surface area contributed by atoms with Crippen molar-refractivity contribution in [2.45, 2.75) is 40.2 Å². The molecule has 16 heavy (non-hydrogen) atoms. The van der Waals surface area contributed by atoms with E-state index in [9.17, 15) is 4.79 Å². The lowest BCUT2D eigenvalue weighted by molar-refractivity contribution is -0.124. The first-order chi connectivity index (χ1) is 7.52. The molecule has 0 radical (unpaired) electrons. The SMILES string of the molecule is CC(C)C(=O)NCCn1ccnc1C(C)C. The lowest BCUT2D eigenvalue weighted by Gasteiger charge is -2.11. The van der Waals surface area contributed by atoms with Crippen molar-refractivity contribution in [2.24, 2.45) is 5.92 Å². The minimum atomic E-state index is 0.0485. The van der Waals surface area contributed by atoms with Crippen LogP contribution in [0.15, 0.2) is 12.4 Å². The first kappa shape index (κ1) is 12.7. The average molecular weight is 223 g/mol. The zero-order chi connectivity index (χ0) is 12.1. The summed E-state index contributed by atoms with van der Waals surface area (Å²) in [4.78, 5) is 15.7. The highest BCUT2D eigenvalue weighted by molar-refractivity contribution is 5.77. The van der Waals surface area contributed by atoms with E-state index in [1.807, 2.05) is 20.0 Å². The monoisotopic (exact) mass is 223 g/mol. The number of nitrogens with zero attached hydrogens (tertiary/aromatic N) is 2. The maximum absolute atomic E-state index is 11.4. The van der Waals surface area contributed by atoms with Gasteiger partial charge in [-0.15, -0.1) is 0 Å². The molecule has 1 N–H and O–H groups in total. The third-order valence-electron chi connectivity index (χ3n) is 2.44. The van der Waals surface area contributed by atoms with Crippen molar-refractivity contribution >= 4 is 5.91 Å². The molecule has 0 fully saturated rings. The Morgan fingerprint density at radius 1 is 1.44 bits per heavy atom. The predicted octanol–water partition coefficient (Wildman–Crippen LogP) is 1.78. The molecule has 0 aliphatic carbocycles. The van der Waals surface area contributed by atoms with Crippen molar-refractivity contribution in [3.63, 3.8) is 0 Å². The first-order valence-electron chi connectivity index (χ1n) is 5.81. The fraction of sp³-hybridized carbons (Fsp3) is 0.667. The van der Waals surface area contributed by atoms with Gasteiger partial charge in [-0.2, -0.15) is 0 Å². The number of carbonyl (C=O) groups excluding carboxylic acids is 1. The Balaban J connectivity index is 2.43. The second kappa shape index (κ2) is 5.68. The van der Waals surface area contributed by atoms with Crippen LogP contribution in [0.3, 0.4) is 0 Å². The lowest BCUT2D eigenvalue weighted by Crippen LogP contribution is -2.30. The molecule has 0 aliphatic heterocycles. The van der Waals surface area contributed by atoms with Gasteiger partial charge in [-0.1, -0.05) is 27.7 Å². The van der Waals surface area contributed by atoms with Gasteiger partial charge in [-0.05, 0) is 0 Å². The van der Waals surface area contributed by atoms with Crippen LogP contribution in [0.4, 0.5) is 0 Å².